The molecular formula is C15H15BrFNO2. The van der Waals surface area contributed by atoms with E-state index in [-0.39, 0.29) is 17.6 Å². The molecule has 3 nitrogen and oxygen atoms in total. The van der Waals surface area contributed by atoms with Crippen LogP contribution in [0.15, 0.2) is 40.9 Å². The molecule has 0 spiro atoms. The van der Waals surface area contributed by atoms with E-state index >= 15 is 0 Å². The van der Waals surface area contributed by atoms with Crippen molar-refractivity contribution in [3.8, 4) is 11.5 Å². The highest BCUT2D eigenvalue weighted by Crippen LogP contribution is 2.32. The van der Waals surface area contributed by atoms with E-state index in [0.717, 1.165) is 5.56 Å². The Bertz CT molecular complexity index is 599. The molecule has 1 unspecified atom stereocenters. The number of rotatable bonds is 4. The van der Waals surface area contributed by atoms with Gasteiger partial charge in [-0.1, -0.05) is 12.1 Å². The average molecular weight is 340 g/mol. The van der Waals surface area contributed by atoms with Crippen LogP contribution in [-0.2, 0) is 0 Å². The Hall–Kier alpha value is -1.75. The van der Waals surface area contributed by atoms with Gasteiger partial charge in [0.1, 0.15) is 5.82 Å². The molecule has 0 aliphatic heterocycles. The van der Waals surface area contributed by atoms with Crippen molar-refractivity contribution in [3.05, 3.63) is 52.3 Å². The Morgan fingerprint density at radius 3 is 2.70 bits per heavy atom. The first-order valence-electron chi connectivity index (χ1n) is 6.10. The molecular weight excluding hydrogens is 325 g/mol. The molecule has 0 saturated heterocycles. The molecule has 0 amide bonds. The second kappa shape index (κ2) is 6.13. The molecule has 0 saturated carbocycles. The summed E-state index contributed by atoms with van der Waals surface area (Å²) >= 11 is 3.32. The smallest absolute Gasteiger partial charge is 0.160 e. The van der Waals surface area contributed by atoms with Crippen molar-refractivity contribution < 1.29 is 14.2 Å². The molecule has 2 rings (SSSR count). The van der Waals surface area contributed by atoms with Crippen LogP contribution in [0.5, 0.6) is 11.5 Å². The van der Waals surface area contributed by atoms with E-state index in [4.69, 9.17) is 4.74 Å². The highest BCUT2D eigenvalue weighted by Gasteiger charge is 2.13. The number of aromatic hydroxyl groups is 1. The van der Waals surface area contributed by atoms with Gasteiger partial charge in [-0.3, -0.25) is 0 Å². The van der Waals surface area contributed by atoms with Crippen LogP contribution in [0.3, 0.4) is 0 Å². The summed E-state index contributed by atoms with van der Waals surface area (Å²) in [4.78, 5) is 0. The van der Waals surface area contributed by atoms with Gasteiger partial charge in [-0.2, -0.15) is 0 Å². The second-order valence-corrected chi connectivity index (χ2v) is 5.25. The van der Waals surface area contributed by atoms with Gasteiger partial charge in [0.25, 0.3) is 0 Å². The largest absolute Gasteiger partial charge is 0.504 e. The van der Waals surface area contributed by atoms with Gasteiger partial charge >= 0.3 is 0 Å². The van der Waals surface area contributed by atoms with Crippen LogP contribution in [0.1, 0.15) is 18.5 Å². The lowest BCUT2D eigenvalue weighted by molar-refractivity contribution is 0.373. The predicted molar refractivity (Wildman–Crippen MR) is 80.8 cm³/mol. The lowest BCUT2D eigenvalue weighted by atomic mass is 10.1. The summed E-state index contributed by atoms with van der Waals surface area (Å²) in [5, 5.41) is 12.7. The Kier molecular flexibility index (Phi) is 4.49. The first-order valence-corrected chi connectivity index (χ1v) is 6.89. The number of hydrogen-bond donors (Lipinski definition) is 2. The number of ether oxygens (including phenoxy) is 1. The number of phenolic OH excluding ortho intramolecular Hbond substituents is 1. The molecule has 20 heavy (non-hydrogen) atoms. The quantitative estimate of drug-likeness (QED) is 0.863. The number of benzene rings is 2. The molecule has 0 aromatic heterocycles. The zero-order valence-electron chi connectivity index (χ0n) is 11.2. The molecule has 0 aliphatic rings. The summed E-state index contributed by atoms with van der Waals surface area (Å²) in [5.74, 6) is 0.149. The van der Waals surface area contributed by atoms with Crippen LogP contribution in [0.2, 0.25) is 0 Å². The van der Waals surface area contributed by atoms with Crippen molar-refractivity contribution in [1.82, 2.24) is 0 Å². The molecule has 0 bridgehead atoms. The van der Waals surface area contributed by atoms with Gasteiger partial charge in [-0.15, -0.1) is 0 Å². The monoisotopic (exact) mass is 339 g/mol. The SMILES string of the molecule is COc1cc(C(C)Nc2c(F)cccc2Br)ccc1O. The maximum atomic E-state index is 13.8. The molecule has 0 heterocycles. The van der Waals surface area contributed by atoms with Gasteiger partial charge in [0, 0.05) is 10.5 Å². The molecule has 1 atom stereocenters. The molecule has 0 radical (unpaired) electrons. The van der Waals surface area contributed by atoms with Crippen molar-refractivity contribution in [2.45, 2.75) is 13.0 Å². The Balaban J connectivity index is 2.26. The lowest BCUT2D eigenvalue weighted by Crippen LogP contribution is -2.08. The minimum Gasteiger partial charge on any atom is -0.504 e. The highest BCUT2D eigenvalue weighted by atomic mass is 79.9. The fourth-order valence-corrected chi connectivity index (χ4v) is 2.36. The highest BCUT2D eigenvalue weighted by molar-refractivity contribution is 9.10. The van der Waals surface area contributed by atoms with Crippen molar-refractivity contribution in [2.75, 3.05) is 12.4 Å². The summed E-state index contributed by atoms with van der Waals surface area (Å²) in [6.45, 7) is 1.91. The van der Waals surface area contributed by atoms with E-state index in [9.17, 15) is 9.50 Å². The van der Waals surface area contributed by atoms with Gasteiger partial charge in [-0.05, 0) is 52.7 Å². The van der Waals surface area contributed by atoms with Crippen LogP contribution >= 0.6 is 15.9 Å². The van der Waals surface area contributed by atoms with E-state index < -0.39 is 0 Å². The van der Waals surface area contributed by atoms with Crippen molar-refractivity contribution in [2.24, 2.45) is 0 Å². The van der Waals surface area contributed by atoms with Crippen LogP contribution in [-0.4, -0.2) is 12.2 Å². The molecule has 5 heteroatoms. The standard InChI is InChI=1S/C15H15BrFNO2/c1-9(10-6-7-13(19)14(8-10)20-2)18-15-11(16)4-3-5-12(15)17/h3-9,18-19H,1-2H3. The first kappa shape index (κ1) is 14.7. The van der Waals surface area contributed by atoms with Crippen LogP contribution in [0.4, 0.5) is 10.1 Å². The normalized spacial score (nSPS) is 12.0. The molecule has 2 aromatic carbocycles. The van der Waals surface area contributed by atoms with E-state index in [2.05, 4.69) is 21.2 Å². The first-order chi connectivity index (χ1) is 9.52. The summed E-state index contributed by atoms with van der Waals surface area (Å²) in [6.07, 6.45) is 0. The fourth-order valence-electron chi connectivity index (χ4n) is 1.90. The van der Waals surface area contributed by atoms with Crippen molar-refractivity contribution in [1.29, 1.82) is 0 Å². The molecule has 0 fully saturated rings. The predicted octanol–water partition coefficient (Wildman–Crippen LogP) is 4.48. The van der Waals surface area contributed by atoms with E-state index in [1.54, 1.807) is 30.3 Å². The Morgan fingerprint density at radius 1 is 1.30 bits per heavy atom. The third-order valence-corrected chi connectivity index (χ3v) is 3.69. The van der Waals surface area contributed by atoms with E-state index in [0.29, 0.717) is 15.9 Å². The molecule has 106 valence electrons. The van der Waals surface area contributed by atoms with E-state index in [1.807, 2.05) is 6.92 Å². The molecule has 2 aromatic rings. The van der Waals surface area contributed by atoms with E-state index in [1.165, 1.54) is 13.2 Å². The topological polar surface area (TPSA) is 41.5 Å². The van der Waals surface area contributed by atoms with Gasteiger partial charge in [0.2, 0.25) is 0 Å². The maximum absolute atomic E-state index is 13.8. The minimum absolute atomic E-state index is 0.0792. The number of methoxy groups -OCH3 is 1. The second-order valence-electron chi connectivity index (χ2n) is 4.39. The van der Waals surface area contributed by atoms with Crippen LogP contribution in [0.25, 0.3) is 0 Å². The number of para-hydroxylation sites is 1. The number of halogens is 2. The molecule has 0 aliphatic carbocycles. The van der Waals surface area contributed by atoms with Crippen molar-refractivity contribution >= 4 is 21.6 Å². The Labute approximate surface area is 125 Å². The number of anilines is 1. The van der Waals surface area contributed by atoms with Crippen LogP contribution < -0.4 is 10.1 Å². The van der Waals surface area contributed by atoms with Gasteiger partial charge in [0.15, 0.2) is 11.5 Å². The number of phenols is 1. The minimum atomic E-state index is -0.322. The average Bonchev–Trinajstić information content (AvgIpc) is 2.43. The zero-order valence-corrected chi connectivity index (χ0v) is 12.7. The van der Waals surface area contributed by atoms with Gasteiger partial charge in [-0.25, -0.2) is 4.39 Å². The summed E-state index contributed by atoms with van der Waals surface area (Å²) < 4.78 is 19.5. The fraction of sp³-hybridized carbons (Fsp3) is 0.200. The Morgan fingerprint density at radius 2 is 2.05 bits per heavy atom. The summed E-state index contributed by atoms with van der Waals surface area (Å²) in [6, 6.07) is 9.72. The lowest BCUT2D eigenvalue weighted by Gasteiger charge is -2.18. The maximum Gasteiger partial charge on any atom is 0.160 e. The third-order valence-electron chi connectivity index (χ3n) is 3.03. The number of hydrogen-bond acceptors (Lipinski definition) is 3. The third kappa shape index (κ3) is 3.04. The van der Waals surface area contributed by atoms with Gasteiger partial charge in [0.05, 0.1) is 12.8 Å². The number of nitrogens with one attached hydrogen (secondary N) is 1. The van der Waals surface area contributed by atoms with Gasteiger partial charge < -0.3 is 15.2 Å². The summed E-state index contributed by atoms with van der Waals surface area (Å²) in [5.41, 5.74) is 1.29. The molecule has 2 N–H and O–H groups in total. The van der Waals surface area contributed by atoms with Crippen LogP contribution in [0, 0.1) is 5.82 Å². The van der Waals surface area contributed by atoms with Crippen molar-refractivity contribution in [3.63, 3.8) is 0 Å². The zero-order chi connectivity index (χ0) is 14.7. The summed E-state index contributed by atoms with van der Waals surface area (Å²) in [7, 11) is 1.49.